The highest BCUT2D eigenvalue weighted by molar-refractivity contribution is 6.30. The molecule has 3 rings (SSSR count). The van der Waals surface area contributed by atoms with Crippen molar-refractivity contribution in [2.45, 2.75) is 13.0 Å². The molecule has 0 aromatic heterocycles. The van der Waals surface area contributed by atoms with Crippen molar-refractivity contribution in [3.63, 3.8) is 0 Å². The molecule has 0 spiro atoms. The second-order valence-electron chi connectivity index (χ2n) is 6.43. The molecule has 5 heteroatoms. The number of halogens is 1. The number of nitrogens with one attached hydrogen (secondary N) is 2. The third-order valence-electron chi connectivity index (χ3n) is 4.38. The Hall–Kier alpha value is -2.95. The summed E-state index contributed by atoms with van der Waals surface area (Å²) in [7, 11) is 0. The van der Waals surface area contributed by atoms with Crippen molar-refractivity contribution in [2.24, 2.45) is 0 Å². The SMILES string of the molecule is CC(=O)c1ccccc1NC(=O)CN[C@H](c1ccccc1)c1ccc(Cl)cc1. The van der Waals surface area contributed by atoms with E-state index in [4.69, 9.17) is 11.6 Å². The molecular weight excluding hydrogens is 372 g/mol. The molecular formula is C23H21ClN2O2. The molecule has 28 heavy (non-hydrogen) atoms. The second kappa shape index (κ2) is 9.31. The van der Waals surface area contributed by atoms with E-state index in [9.17, 15) is 9.59 Å². The molecule has 0 aliphatic rings. The Morgan fingerprint density at radius 3 is 2.14 bits per heavy atom. The zero-order chi connectivity index (χ0) is 19.9. The van der Waals surface area contributed by atoms with E-state index in [1.54, 1.807) is 24.3 Å². The molecule has 2 N–H and O–H groups in total. The van der Waals surface area contributed by atoms with Crippen LogP contribution in [-0.2, 0) is 4.79 Å². The van der Waals surface area contributed by atoms with E-state index in [-0.39, 0.29) is 24.3 Å². The van der Waals surface area contributed by atoms with Crippen LogP contribution in [0.15, 0.2) is 78.9 Å². The van der Waals surface area contributed by atoms with Gasteiger partial charge in [0.1, 0.15) is 0 Å². The van der Waals surface area contributed by atoms with Crippen LogP contribution in [0.5, 0.6) is 0 Å². The summed E-state index contributed by atoms with van der Waals surface area (Å²) in [5, 5.41) is 6.78. The fraction of sp³-hybridized carbons (Fsp3) is 0.130. The zero-order valence-electron chi connectivity index (χ0n) is 15.5. The highest BCUT2D eigenvalue weighted by atomic mass is 35.5. The Morgan fingerprint density at radius 2 is 1.46 bits per heavy atom. The monoisotopic (exact) mass is 392 g/mol. The van der Waals surface area contributed by atoms with Gasteiger partial charge in [0, 0.05) is 10.6 Å². The first kappa shape index (κ1) is 19.8. The number of amides is 1. The Bertz CT molecular complexity index is 956. The molecule has 0 bridgehead atoms. The third-order valence-corrected chi connectivity index (χ3v) is 4.64. The van der Waals surface area contributed by atoms with Crippen LogP contribution in [0.25, 0.3) is 0 Å². The zero-order valence-corrected chi connectivity index (χ0v) is 16.2. The van der Waals surface area contributed by atoms with Gasteiger partial charge in [-0.2, -0.15) is 0 Å². The molecule has 0 fully saturated rings. The second-order valence-corrected chi connectivity index (χ2v) is 6.86. The molecule has 3 aromatic carbocycles. The van der Waals surface area contributed by atoms with Crippen LogP contribution in [0, 0.1) is 0 Å². The molecule has 4 nitrogen and oxygen atoms in total. The standard InChI is InChI=1S/C23H21ClN2O2/c1-16(27)20-9-5-6-10-21(20)26-22(28)15-25-23(17-7-3-2-4-8-17)18-11-13-19(24)14-12-18/h2-14,23,25H,15H2,1H3,(H,26,28)/t23-/m1/s1. The molecule has 3 aromatic rings. The van der Waals surface area contributed by atoms with Gasteiger partial charge in [-0.1, -0.05) is 66.2 Å². The average Bonchev–Trinajstić information content (AvgIpc) is 2.70. The van der Waals surface area contributed by atoms with Crippen molar-refractivity contribution >= 4 is 29.0 Å². The lowest BCUT2D eigenvalue weighted by Crippen LogP contribution is -2.32. The normalized spacial score (nSPS) is 11.6. The molecule has 0 saturated carbocycles. The number of ketones is 1. The molecule has 1 atom stereocenters. The van der Waals surface area contributed by atoms with Crippen molar-refractivity contribution in [1.29, 1.82) is 0 Å². The number of hydrogen-bond acceptors (Lipinski definition) is 3. The lowest BCUT2D eigenvalue weighted by molar-refractivity contribution is -0.115. The van der Waals surface area contributed by atoms with Crippen molar-refractivity contribution in [3.05, 3.63) is 101 Å². The third kappa shape index (κ3) is 5.06. The Kier molecular flexibility index (Phi) is 6.58. The first-order chi connectivity index (χ1) is 13.5. The van der Waals surface area contributed by atoms with Gasteiger partial charge >= 0.3 is 0 Å². The first-order valence-electron chi connectivity index (χ1n) is 8.98. The number of hydrogen-bond donors (Lipinski definition) is 2. The van der Waals surface area contributed by atoms with Gasteiger partial charge in [0.2, 0.25) is 5.91 Å². The number of anilines is 1. The minimum Gasteiger partial charge on any atom is -0.324 e. The van der Waals surface area contributed by atoms with Crippen LogP contribution in [0.2, 0.25) is 5.02 Å². The summed E-state index contributed by atoms with van der Waals surface area (Å²) in [4.78, 5) is 24.2. The van der Waals surface area contributed by atoms with Crippen molar-refractivity contribution in [1.82, 2.24) is 5.32 Å². The number of carbonyl (C=O) groups excluding carboxylic acids is 2. The minimum atomic E-state index is -0.219. The van der Waals surface area contributed by atoms with Crippen molar-refractivity contribution in [3.8, 4) is 0 Å². The number of para-hydroxylation sites is 1. The maximum atomic E-state index is 12.5. The Balaban J connectivity index is 1.74. The summed E-state index contributed by atoms with van der Waals surface area (Å²) >= 11 is 6.01. The lowest BCUT2D eigenvalue weighted by Gasteiger charge is -2.20. The van der Waals surface area contributed by atoms with E-state index >= 15 is 0 Å². The summed E-state index contributed by atoms with van der Waals surface area (Å²) < 4.78 is 0. The van der Waals surface area contributed by atoms with Crippen LogP contribution < -0.4 is 10.6 Å². The summed E-state index contributed by atoms with van der Waals surface area (Å²) in [5.74, 6) is -0.309. The maximum Gasteiger partial charge on any atom is 0.238 e. The van der Waals surface area contributed by atoms with Crippen LogP contribution in [-0.4, -0.2) is 18.2 Å². The van der Waals surface area contributed by atoms with Crippen molar-refractivity contribution < 1.29 is 9.59 Å². The summed E-state index contributed by atoms with van der Waals surface area (Å²) in [6.45, 7) is 1.57. The van der Waals surface area contributed by atoms with Crippen LogP contribution in [0.1, 0.15) is 34.5 Å². The van der Waals surface area contributed by atoms with Crippen LogP contribution in [0.4, 0.5) is 5.69 Å². The van der Waals surface area contributed by atoms with E-state index < -0.39 is 0 Å². The van der Waals surface area contributed by atoms with E-state index in [1.165, 1.54) is 6.92 Å². The number of Topliss-reactive ketones (excluding diaryl/α,β-unsaturated/α-hetero) is 1. The highest BCUT2D eigenvalue weighted by Gasteiger charge is 2.16. The fourth-order valence-electron chi connectivity index (χ4n) is 3.02. The van der Waals surface area contributed by atoms with Gasteiger partial charge in [-0.15, -0.1) is 0 Å². The lowest BCUT2D eigenvalue weighted by atomic mass is 9.99. The van der Waals surface area contributed by atoms with Gasteiger partial charge in [0.15, 0.2) is 5.78 Å². The summed E-state index contributed by atoms with van der Waals surface area (Å²) in [5.41, 5.74) is 3.06. The van der Waals surface area contributed by atoms with Gasteiger partial charge in [-0.05, 0) is 42.3 Å². The Morgan fingerprint density at radius 1 is 0.857 bits per heavy atom. The molecule has 0 heterocycles. The van der Waals surface area contributed by atoms with Gasteiger partial charge in [-0.25, -0.2) is 0 Å². The molecule has 1 amide bonds. The first-order valence-corrected chi connectivity index (χ1v) is 9.36. The van der Waals surface area contributed by atoms with Crippen LogP contribution in [0.3, 0.4) is 0 Å². The molecule has 0 saturated heterocycles. The van der Waals surface area contributed by atoms with Gasteiger partial charge in [0.25, 0.3) is 0 Å². The molecule has 0 unspecified atom stereocenters. The quantitative estimate of drug-likeness (QED) is 0.564. The van der Waals surface area contributed by atoms with Gasteiger partial charge in [-0.3, -0.25) is 14.9 Å². The number of benzene rings is 3. The van der Waals surface area contributed by atoms with E-state index in [2.05, 4.69) is 10.6 Å². The fourth-order valence-corrected chi connectivity index (χ4v) is 3.14. The number of rotatable bonds is 7. The largest absolute Gasteiger partial charge is 0.324 e. The molecule has 0 aliphatic carbocycles. The maximum absolute atomic E-state index is 12.5. The molecule has 0 radical (unpaired) electrons. The highest BCUT2D eigenvalue weighted by Crippen LogP contribution is 2.23. The average molecular weight is 393 g/mol. The van der Waals surface area contributed by atoms with E-state index in [1.807, 2.05) is 54.6 Å². The Labute approximate surface area is 169 Å². The predicted molar refractivity (Wildman–Crippen MR) is 113 cm³/mol. The van der Waals surface area contributed by atoms with Crippen molar-refractivity contribution in [2.75, 3.05) is 11.9 Å². The minimum absolute atomic E-state index is 0.0906. The van der Waals surface area contributed by atoms with Crippen LogP contribution >= 0.6 is 11.6 Å². The predicted octanol–water partition coefficient (Wildman–Crippen LogP) is 4.86. The van der Waals surface area contributed by atoms with E-state index in [0.29, 0.717) is 16.3 Å². The topological polar surface area (TPSA) is 58.2 Å². The smallest absolute Gasteiger partial charge is 0.238 e. The van der Waals surface area contributed by atoms with Gasteiger partial charge < -0.3 is 5.32 Å². The summed E-state index contributed by atoms with van der Waals surface area (Å²) in [6, 6.07) is 24.3. The number of carbonyl (C=O) groups is 2. The molecule has 142 valence electrons. The van der Waals surface area contributed by atoms with Gasteiger partial charge in [0.05, 0.1) is 18.3 Å². The molecule has 0 aliphatic heterocycles. The summed E-state index contributed by atoms with van der Waals surface area (Å²) in [6.07, 6.45) is 0. The van der Waals surface area contributed by atoms with E-state index in [0.717, 1.165) is 11.1 Å².